The van der Waals surface area contributed by atoms with E-state index in [1.54, 1.807) is 43.9 Å². The molecule has 0 aromatic carbocycles. The van der Waals surface area contributed by atoms with Gasteiger partial charge in [0.1, 0.15) is 0 Å². The molecule has 0 aliphatic rings. The summed E-state index contributed by atoms with van der Waals surface area (Å²) in [4.78, 5) is 0.256. The van der Waals surface area contributed by atoms with Crippen molar-refractivity contribution in [1.29, 1.82) is 0 Å². The molecule has 0 bridgehead atoms. The maximum Gasteiger partial charge on any atom is 0.242 e. The average molecular weight is 231 g/mol. The van der Waals surface area contributed by atoms with Crippen LogP contribution < -0.4 is 10.5 Å². The fourth-order valence-corrected chi connectivity index (χ4v) is 2.57. The molecule has 0 saturated carbocycles. The van der Waals surface area contributed by atoms with Crippen molar-refractivity contribution in [2.45, 2.75) is 24.3 Å². The van der Waals surface area contributed by atoms with E-state index in [1.165, 1.54) is 0 Å². The van der Waals surface area contributed by atoms with Gasteiger partial charge in [0.15, 0.2) is 0 Å². The molecule has 1 aromatic rings. The highest BCUT2D eigenvalue weighted by molar-refractivity contribution is 7.89. The van der Waals surface area contributed by atoms with Crippen LogP contribution in [0.25, 0.3) is 0 Å². The highest BCUT2D eigenvalue weighted by Gasteiger charge is 2.25. The number of aryl methyl sites for hydroxylation is 1. The molecule has 0 fully saturated rings. The highest BCUT2D eigenvalue weighted by Crippen LogP contribution is 2.12. The molecule has 0 unspecified atom stereocenters. The number of nitrogens with one attached hydrogen (secondary N) is 1. The first-order valence-corrected chi connectivity index (χ1v) is 6.11. The summed E-state index contributed by atoms with van der Waals surface area (Å²) < 4.78 is 27.9. The summed E-state index contributed by atoms with van der Waals surface area (Å²) in [5.41, 5.74) is 4.83. The molecule has 15 heavy (non-hydrogen) atoms. The van der Waals surface area contributed by atoms with Crippen LogP contribution >= 0.6 is 0 Å². The Hall–Kier alpha value is -0.850. The van der Waals surface area contributed by atoms with Crippen LogP contribution in [0, 0.1) is 0 Å². The van der Waals surface area contributed by atoms with Crippen molar-refractivity contribution >= 4 is 10.0 Å². The maximum absolute atomic E-state index is 11.8. The molecule has 0 spiro atoms. The molecule has 3 N–H and O–H groups in total. The van der Waals surface area contributed by atoms with Crippen LogP contribution in [0.3, 0.4) is 0 Å². The minimum Gasteiger partial charge on any atom is -0.356 e. The van der Waals surface area contributed by atoms with Crippen LogP contribution in [0.4, 0.5) is 0 Å². The predicted molar refractivity (Wildman–Crippen MR) is 58.9 cm³/mol. The van der Waals surface area contributed by atoms with Crippen LogP contribution in [0.2, 0.25) is 0 Å². The van der Waals surface area contributed by atoms with Gasteiger partial charge in [-0.25, -0.2) is 13.1 Å². The summed E-state index contributed by atoms with van der Waals surface area (Å²) in [5, 5.41) is 0. The molecule has 0 atom stereocenters. The van der Waals surface area contributed by atoms with Gasteiger partial charge in [-0.3, -0.25) is 0 Å². The monoisotopic (exact) mass is 231 g/mol. The van der Waals surface area contributed by atoms with E-state index in [2.05, 4.69) is 4.72 Å². The Morgan fingerprint density at radius 2 is 2.13 bits per heavy atom. The molecule has 0 radical (unpaired) electrons. The lowest BCUT2D eigenvalue weighted by Gasteiger charge is -2.23. The summed E-state index contributed by atoms with van der Waals surface area (Å²) in [5.74, 6) is 0. The number of rotatable bonds is 4. The molecule has 0 saturated heterocycles. The first kappa shape index (κ1) is 12.2. The number of sulfonamides is 1. The van der Waals surface area contributed by atoms with Gasteiger partial charge in [0.05, 0.1) is 4.90 Å². The number of hydrogen-bond donors (Lipinski definition) is 2. The zero-order valence-electron chi connectivity index (χ0n) is 9.19. The van der Waals surface area contributed by atoms with Crippen LogP contribution in [-0.2, 0) is 17.1 Å². The summed E-state index contributed by atoms with van der Waals surface area (Å²) in [6.07, 6.45) is 3.24. The molecule has 5 nitrogen and oxygen atoms in total. The number of nitrogens with zero attached hydrogens (tertiary/aromatic N) is 1. The molecule has 1 rings (SSSR count). The van der Waals surface area contributed by atoms with E-state index in [-0.39, 0.29) is 11.4 Å². The first-order chi connectivity index (χ1) is 6.77. The summed E-state index contributed by atoms with van der Waals surface area (Å²) >= 11 is 0. The highest BCUT2D eigenvalue weighted by atomic mass is 32.2. The minimum absolute atomic E-state index is 0.249. The molecule has 1 aromatic heterocycles. The van der Waals surface area contributed by atoms with Crippen molar-refractivity contribution in [1.82, 2.24) is 9.29 Å². The molecule has 1 heterocycles. The van der Waals surface area contributed by atoms with E-state index < -0.39 is 15.6 Å². The molecular weight excluding hydrogens is 214 g/mol. The zero-order valence-corrected chi connectivity index (χ0v) is 10.0. The normalized spacial score (nSPS) is 13.1. The second kappa shape index (κ2) is 3.96. The fraction of sp³-hybridized carbons (Fsp3) is 0.556. The van der Waals surface area contributed by atoms with Gasteiger partial charge in [0.25, 0.3) is 0 Å². The second-order valence-corrected chi connectivity index (χ2v) is 5.89. The third-order valence-corrected chi connectivity index (χ3v) is 3.72. The van der Waals surface area contributed by atoms with E-state index in [1.807, 2.05) is 0 Å². The number of hydrogen-bond acceptors (Lipinski definition) is 3. The molecule has 86 valence electrons. The van der Waals surface area contributed by atoms with Crippen molar-refractivity contribution < 1.29 is 8.42 Å². The summed E-state index contributed by atoms with van der Waals surface area (Å²) in [6, 6.07) is 1.55. The van der Waals surface area contributed by atoms with Gasteiger partial charge in [-0.1, -0.05) is 0 Å². The molecule has 6 heteroatoms. The summed E-state index contributed by atoms with van der Waals surface area (Å²) in [7, 11) is -1.69. The van der Waals surface area contributed by atoms with Crippen LogP contribution in [0.5, 0.6) is 0 Å². The van der Waals surface area contributed by atoms with Crippen molar-refractivity contribution in [2.75, 3.05) is 6.54 Å². The Kier molecular flexibility index (Phi) is 3.22. The Morgan fingerprint density at radius 3 is 2.53 bits per heavy atom. The van der Waals surface area contributed by atoms with E-state index in [9.17, 15) is 8.42 Å². The number of nitrogens with two attached hydrogens (primary N) is 1. The minimum atomic E-state index is -3.46. The Bertz CT molecular complexity index is 434. The largest absolute Gasteiger partial charge is 0.356 e. The Morgan fingerprint density at radius 1 is 1.53 bits per heavy atom. The molecule has 0 aliphatic heterocycles. The van der Waals surface area contributed by atoms with Gasteiger partial charge < -0.3 is 10.3 Å². The van der Waals surface area contributed by atoms with E-state index in [0.717, 1.165) is 0 Å². The van der Waals surface area contributed by atoms with E-state index >= 15 is 0 Å². The van der Waals surface area contributed by atoms with Gasteiger partial charge >= 0.3 is 0 Å². The zero-order chi connectivity index (χ0) is 11.7. The van der Waals surface area contributed by atoms with Crippen molar-refractivity contribution in [3.8, 4) is 0 Å². The van der Waals surface area contributed by atoms with Crippen molar-refractivity contribution in [3.05, 3.63) is 18.5 Å². The van der Waals surface area contributed by atoms with Crippen LogP contribution in [0.15, 0.2) is 23.4 Å². The van der Waals surface area contributed by atoms with Crippen molar-refractivity contribution in [2.24, 2.45) is 12.8 Å². The average Bonchev–Trinajstić information content (AvgIpc) is 2.51. The topological polar surface area (TPSA) is 77.1 Å². The number of aromatic nitrogens is 1. The van der Waals surface area contributed by atoms with Gasteiger partial charge in [0.2, 0.25) is 10.0 Å². The molecular formula is C9H17N3O2S. The third kappa shape index (κ3) is 3.05. The molecule has 0 amide bonds. The fourth-order valence-electron chi connectivity index (χ4n) is 1.10. The first-order valence-electron chi connectivity index (χ1n) is 4.63. The van der Waals surface area contributed by atoms with Gasteiger partial charge in [-0.2, -0.15) is 0 Å². The second-order valence-electron chi connectivity index (χ2n) is 4.21. The Labute approximate surface area is 90.3 Å². The van der Waals surface area contributed by atoms with Gasteiger partial charge in [-0.05, 0) is 19.9 Å². The quantitative estimate of drug-likeness (QED) is 0.768. The van der Waals surface area contributed by atoms with Gasteiger partial charge in [0, 0.05) is 31.5 Å². The van der Waals surface area contributed by atoms with Crippen LogP contribution in [0.1, 0.15) is 13.8 Å². The van der Waals surface area contributed by atoms with Gasteiger partial charge in [-0.15, -0.1) is 0 Å². The van der Waals surface area contributed by atoms with E-state index in [0.29, 0.717) is 0 Å². The maximum atomic E-state index is 11.8. The van der Waals surface area contributed by atoms with Crippen LogP contribution in [-0.4, -0.2) is 25.1 Å². The lowest BCUT2D eigenvalue weighted by molar-refractivity contribution is 0.462. The standard InChI is InChI=1S/C9H17N3O2S/c1-9(2,7-10)11-15(13,14)8-4-5-12(3)6-8/h4-6,11H,7,10H2,1-3H3. The van der Waals surface area contributed by atoms with Crippen molar-refractivity contribution in [3.63, 3.8) is 0 Å². The lowest BCUT2D eigenvalue weighted by atomic mass is 10.1. The van der Waals surface area contributed by atoms with E-state index in [4.69, 9.17) is 5.73 Å². The Balaban J connectivity index is 2.95. The predicted octanol–water partition coefficient (Wildman–Crippen LogP) is 0.0407. The molecule has 0 aliphatic carbocycles. The smallest absolute Gasteiger partial charge is 0.242 e. The SMILES string of the molecule is Cn1ccc(S(=O)(=O)NC(C)(C)CN)c1. The lowest BCUT2D eigenvalue weighted by Crippen LogP contribution is -2.48. The summed E-state index contributed by atoms with van der Waals surface area (Å²) in [6.45, 7) is 3.74. The third-order valence-electron chi connectivity index (χ3n) is 2.04.